The lowest BCUT2D eigenvalue weighted by molar-refractivity contribution is -0.120. The lowest BCUT2D eigenvalue weighted by Crippen LogP contribution is -2.38. The molecule has 2 N–H and O–H groups in total. The normalized spacial score (nSPS) is 15.7. The van der Waals surface area contributed by atoms with E-state index in [0.29, 0.717) is 11.6 Å². The summed E-state index contributed by atoms with van der Waals surface area (Å²) in [4.78, 5) is 23.3. The number of methoxy groups -OCH3 is 1. The highest BCUT2D eigenvalue weighted by atomic mass is 16.5. The molecule has 1 fully saturated rings. The van der Waals surface area contributed by atoms with Crippen molar-refractivity contribution in [1.29, 1.82) is 0 Å². The molecule has 0 atom stereocenters. The molecule has 0 aliphatic heterocycles. The molecule has 0 aromatic heterocycles. The predicted octanol–water partition coefficient (Wildman–Crippen LogP) is 2.72. The first-order valence-electron chi connectivity index (χ1n) is 7.90. The van der Waals surface area contributed by atoms with Crippen LogP contribution in [0.3, 0.4) is 0 Å². The molecule has 1 aromatic carbocycles. The minimum atomic E-state index is -0.363. The molecular weight excluding hydrogens is 280 g/mol. The lowest BCUT2D eigenvalue weighted by Gasteiger charge is -2.16. The van der Waals surface area contributed by atoms with Gasteiger partial charge in [0.1, 0.15) is 0 Å². The predicted molar refractivity (Wildman–Crippen MR) is 85.9 cm³/mol. The molecule has 1 aliphatic carbocycles. The fourth-order valence-electron chi connectivity index (χ4n) is 2.73. The van der Waals surface area contributed by atoms with Crippen LogP contribution in [-0.2, 0) is 9.53 Å². The number of hydrogen-bond acceptors (Lipinski definition) is 4. The van der Waals surface area contributed by atoms with E-state index in [1.807, 2.05) is 0 Å². The van der Waals surface area contributed by atoms with Crippen molar-refractivity contribution in [3.8, 4) is 0 Å². The summed E-state index contributed by atoms with van der Waals surface area (Å²) in [6.07, 6.45) is 7.12. The number of benzene rings is 1. The minimum absolute atomic E-state index is 0.0175. The largest absolute Gasteiger partial charge is 0.465 e. The van der Waals surface area contributed by atoms with Crippen molar-refractivity contribution in [3.63, 3.8) is 0 Å². The van der Waals surface area contributed by atoms with Gasteiger partial charge in [0.2, 0.25) is 5.91 Å². The molecular formula is C17H24N2O3. The molecule has 0 heterocycles. The van der Waals surface area contributed by atoms with Crippen molar-refractivity contribution in [2.24, 2.45) is 0 Å². The molecule has 1 saturated carbocycles. The highest BCUT2D eigenvalue weighted by molar-refractivity contribution is 5.89. The van der Waals surface area contributed by atoms with Crippen LogP contribution in [0.1, 0.15) is 48.9 Å². The van der Waals surface area contributed by atoms with E-state index >= 15 is 0 Å². The monoisotopic (exact) mass is 304 g/mol. The van der Waals surface area contributed by atoms with Gasteiger partial charge in [0.05, 0.1) is 19.2 Å². The van der Waals surface area contributed by atoms with E-state index in [0.717, 1.165) is 18.5 Å². The van der Waals surface area contributed by atoms with E-state index in [9.17, 15) is 9.59 Å². The fraction of sp³-hybridized carbons (Fsp3) is 0.529. The highest BCUT2D eigenvalue weighted by Crippen LogP contribution is 2.17. The minimum Gasteiger partial charge on any atom is -0.465 e. The van der Waals surface area contributed by atoms with Crippen LogP contribution in [0.4, 0.5) is 5.69 Å². The zero-order valence-electron chi connectivity index (χ0n) is 13.1. The van der Waals surface area contributed by atoms with Gasteiger partial charge in [0.25, 0.3) is 0 Å². The lowest BCUT2D eigenvalue weighted by atomic mass is 10.1. The Hall–Kier alpha value is -2.04. The molecule has 0 saturated heterocycles. The second kappa shape index (κ2) is 8.41. The number of nitrogens with one attached hydrogen (secondary N) is 2. The maximum Gasteiger partial charge on any atom is 0.337 e. The summed E-state index contributed by atoms with van der Waals surface area (Å²) in [5.74, 6) is -0.346. The zero-order valence-corrected chi connectivity index (χ0v) is 13.1. The fourth-order valence-corrected chi connectivity index (χ4v) is 2.73. The van der Waals surface area contributed by atoms with Crippen LogP contribution < -0.4 is 10.6 Å². The average molecular weight is 304 g/mol. The molecule has 0 radical (unpaired) electrons. The van der Waals surface area contributed by atoms with Crippen molar-refractivity contribution < 1.29 is 14.3 Å². The van der Waals surface area contributed by atoms with Gasteiger partial charge in [0.15, 0.2) is 0 Å². The summed E-state index contributed by atoms with van der Waals surface area (Å²) in [6, 6.07) is 7.21. The maximum absolute atomic E-state index is 12.0. The third-order valence-corrected chi connectivity index (χ3v) is 3.98. The SMILES string of the molecule is COC(=O)c1ccc(NCC(=O)NC2CCCCCC2)cc1. The second-order valence-electron chi connectivity index (χ2n) is 5.68. The van der Waals surface area contributed by atoms with Crippen LogP contribution in [0.2, 0.25) is 0 Å². The van der Waals surface area contributed by atoms with Gasteiger partial charge in [-0.15, -0.1) is 0 Å². The molecule has 22 heavy (non-hydrogen) atoms. The van der Waals surface area contributed by atoms with Gasteiger partial charge < -0.3 is 15.4 Å². The Labute approximate surface area is 131 Å². The molecule has 5 nitrogen and oxygen atoms in total. The molecule has 120 valence electrons. The number of anilines is 1. The first kappa shape index (κ1) is 16.3. The zero-order chi connectivity index (χ0) is 15.8. The van der Waals surface area contributed by atoms with Gasteiger partial charge in [-0.3, -0.25) is 4.79 Å². The Morgan fingerprint density at radius 3 is 2.32 bits per heavy atom. The van der Waals surface area contributed by atoms with Gasteiger partial charge in [-0.05, 0) is 37.1 Å². The Morgan fingerprint density at radius 1 is 1.09 bits per heavy atom. The highest BCUT2D eigenvalue weighted by Gasteiger charge is 2.14. The number of ether oxygens (including phenoxy) is 1. The molecule has 2 rings (SSSR count). The van der Waals surface area contributed by atoms with E-state index < -0.39 is 0 Å². The van der Waals surface area contributed by atoms with Crippen LogP contribution in [0.15, 0.2) is 24.3 Å². The number of hydrogen-bond donors (Lipinski definition) is 2. The standard InChI is InChI=1S/C17H24N2O3/c1-22-17(21)13-8-10-14(11-9-13)18-12-16(20)19-15-6-4-2-3-5-7-15/h8-11,15,18H,2-7,12H2,1H3,(H,19,20). The number of carbonyl (C=O) groups is 2. The molecule has 1 amide bonds. The Bertz CT molecular complexity index is 491. The molecule has 1 aromatic rings. The van der Waals surface area contributed by atoms with Gasteiger partial charge in [0, 0.05) is 11.7 Å². The number of rotatable bonds is 5. The third-order valence-electron chi connectivity index (χ3n) is 3.98. The van der Waals surface area contributed by atoms with Crippen LogP contribution in [0.5, 0.6) is 0 Å². The first-order valence-corrected chi connectivity index (χ1v) is 7.90. The van der Waals surface area contributed by atoms with Crippen molar-refractivity contribution in [1.82, 2.24) is 5.32 Å². The van der Waals surface area contributed by atoms with Crippen molar-refractivity contribution in [2.45, 2.75) is 44.6 Å². The third kappa shape index (κ3) is 5.06. The van der Waals surface area contributed by atoms with Crippen LogP contribution in [-0.4, -0.2) is 31.6 Å². The Morgan fingerprint density at radius 2 is 1.73 bits per heavy atom. The van der Waals surface area contributed by atoms with Crippen molar-refractivity contribution in [3.05, 3.63) is 29.8 Å². The average Bonchev–Trinajstić information content (AvgIpc) is 2.81. The molecule has 0 unspecified atom stereocenters. The molecule has 1 aliphatic rings. The van der Waals surface area contributed by atoms with Crippen molar-refractivity contribution in [2.75, 3.05) is 19.0 Å². The smallest absolute Gasteiger partial charge is 0.337 e. The number of carbonyl (C=O) groups excluding carboxylic acids is 2. The van der Waals surface area contributed by atoms with Crippen molar-refractivity contribution >= 4 is 17.6 Å². The van der Waals surface area contributed by atoms with Gasteiger partial charge in [-0.2, -0.15) is 0 Å². The number of amides is 1. The summed E-state index contributed by atoms with van der Waals surface area (Å²) in [7, 11) is 1.35. The summed E-state index contributed by atoms with van der Waals surface area (Å²) in [5, 5.41) is 6.16. The molecule has 0 bridgehead atoms. The Kier molecular flexibility index (Phi) is 6.25. The quantitative estimate of drug-likeness (QED) is 0.648. The van der Waals surface area contributed by atoms with E-state index in [1.165, 1.54) is 32.8 Å². The number of esters is 1. The van der Waals surface area contributed by atoms with E-state index in [2.05, 4.69) is 15.4 Å². The van der Waals surface area contributed by atoms with Crippen LogP contribution >= 0.6 is 0 Å². The maximum atomic E-state index is 12.0. The Balaban J connectivity index is 1.76. The first-order chi connectivity index (χ1) is 10.7. The molecule has 0 spiro atoms. The van der Waals surface area contributed by atoms with Gasteiger partial charge >= 0.3 is 5.97 Å². The van der Waals surface area contributed by atoms with Gasteiger partial charge in [-0.1, -0.05) is 25.7 Å². The van der Waals surface area contributed by atoms with Crippen LogP contribution in [0, 0.1) is 0 Å². The molecule has 5 heteroatoms. The topological polar surface area (TPSA) is 67.4 Å². The van der Waals surface area contributed by atoms with E-state index in [1.54, 1.807) is 24.3 Å². The summed E-state index contributed by atoms with van der Waals surface area (Å²) in [5.41, 5.74) is 1.31. The van der Waals surface area contributed by atoms with Crippen LogP contribution in [0.25, 0.3) is 0 Å². The summed E-state index contributed by atoms with van der Waals surface area (Å²) < 4.78 is 4.65. The van der Waals surface area contributed by atoms with Gasteiger partial charge in [-0.25, -0.2) is 4.79 Å². The summed E-state index contributed by atoms with van der Waals surface area (Å²) >= 11 is 0. The van der Waals surface area contributed by atoms with E-state index in [4.69, 9.17) is 0 Å². The van der Waals surface area contributed by atoms with E-state index in [-0.39, 0.29) is 18.4 Å². The summed E-state index contributed by atoms with van der Waals surface area (Å²) in [6.45, 7) is 0.244. The second-order valence-corrected chi connectivity index (χ2v) is 5.68.